The van der Waals surface area contributed by atoms with Crippen molar-refractivity contribution in [3.63, 3.8) is 0 Å². The van der Waals surface area contributed by atoms with Crippen LogP contribution in [0.4, 0.5) is 0 Å². The minimum atomic E-state index is -0.716. The predicted octanol–water partition coefficient (Wildman–Crippen LogP) is 9.24. The summed E-state index contributed by atoms with van der Waals surface area (Å²) in [5.41, 5.74) is 9.35. The fraction of sp³-hybridized carbons (Fsp3) is 0.0250. The van der Waals surface area contributed by atoms with Gasteiger partial charge in [-0.25, -0.2) is 15.0 Å². The Morgan fingerprint density at radius 1 is 0.349 bits per heavy atom. The zero-order chi connectivity index (χ0) is 28.6. The molecule has 3 heteroatoms. The van der Waals surface area contributed by atoms with Crippen molar-refractivity contribution in [3.05, 3.63) is 186 Å². The first-order valence-electron chi connectivity index (χ1n) is 14.5. The molecule has 0 aliphatic heterocycles. The van der Waals surface area contributed by atoms with Crippen LogP contribution in [0, 0.1) is 0 Å². The van der Waals surface area contributed by atoms with E-state index in [-0.39, 0.29) is 0 Å². The quantitative estimate of drug-likeness (QED) is 0.215. The molecule has 1 aliphatic carbocycles. The lowest BCUT2D eigenvalue weighted by Crippen LogP contribution is -2.31. The highest BCUT2D eigenvalue weighted by atomic mass is 15.0. The van der Waals surface area contributed by atoms with Gasteiger partial charge < -0.3 is 0 Å². The standard InChI is InChI=1S/C40H27N3/c1-4-15-28(16-5-1)30-19-14-20-31(27-30)38-41-37(29-17-6-2-7-18-29)42-39(43-38)40(32-21-8-3-9-22-32)35-25-12-10-23-33(35)34-24-11-13-26-36(34)40/h1-27H. The molecule has 8 rings (SSSR count). The molecule has 0 saturated heterocycles. The number of benzene rings is 6. The van der Waals surface area contributed by atoms with Crippen LogP contribution in [0.5, 0.6) is 0 Å². The molecule has 1 aliphatic rings. The molecule has 0 amide bonds. The van der Waals surface area contributed by atoms with E-state index in [9.17, 15) is 0 Å². The largest absolute Gasteiger partial charge is 0.211 e. The van der Waals surface area contributed by atoms with Gasteiger partial charge in [0.15, 0.2) is 17.5 Å². The van der Waals surface area contributed by atoms with Crippen LogP contribution in [0.15, 0.2) is 164 Å². The van der Waals surface area contributed by atoms with Gasteiger partial charge in [0.25, 0.3) is 0 Å². The minimum Gasteiger partial charge on any atom is -0.211 e. The SMILES string of the molecule is c1ccc(-c2cccc(-c3nc(-c4ccccc4)nc(C4(c5ccccc5)c5ccccc5-c5ccccc54)n3)c2)cc1. The van der Waals surface area contributed by atoms with Gasteiger partial charge in [-0.2, -0.15) is 0 Å². The lowest BCUT2D eigenvalue weighted by Gasteiger charge is -2.32. The van der Waals surface area contributed by atoms with Crippen molar-refractivity contribution >= 4 is 0 Å². The van der Waals surface area contributed by atoms with Crippen molar-refractivity contribution in [2.75, 3.05) is 0 Å². The maximum atomic E-state index is 5.37. The molecule has 0 N–H and O–H groups in total. The molecular formula is C40H27N3. The molecule has 0 radical (unpaired) electrons. The van der Waals surface area contributed by atoms with Crippen molar-refractivity contribution in [1.82, 2.24) is 15.0 Å². The summed E-state index contributed by atoms with van der Waals surface area (Å²) in [6.45, 7) is 0. The topological polar surface area (TPSA) is 38.7 Å². The molecule has 0 unspecified atom stereocenters. The summed E-state index contributed by atoms with van der Waals surface area (Å²) >= 11 is 0. The van der Waals surface area contributed by atoms with Gasteiger partial charge in [-0.15, -0.1) is 0 Å². The molecule has 6 aromatic carbocycles. The zero-order valence-corrected chi connectivity index (χ0v) is 23.4. The smallest absolute Gasteiger partial charge is 0.163 e. The fourth-order valence-electron chi connectivity index (χ4n) is 6.46. The summed E-state index contributed by atoms with van der Waals surface area (Å²) in [5, 5.41) is 0. The molecule has 1 heterocycles. The van der Waals surface area contributed by atoms with E-state index in [0.29, 0.717) is 17.5 Å². The second-order valence-electron chi connectivity index (χ2n) is 10.8. The highest BCUT2D eigenvalue weighted by Crippen LogP contribution is 2.55. The maximum absolute atomic E-state index is 5.37. The van der Waals surface area contributed by atoms with Crippen LogP contribution in [0.1, 0.15) is 22.5 Å². The van der Waals surface area contributed by atoms with Gasteiger partial charge in [0.05, 0.1) is 0 Å². The average molecular weight is 550 g/mol. The van der Waals surface area contributed by atoms with Crippen molar-refractivity contribution in [1.29, 1.82) is 0 Å². The molecule has 3 nitrogen and oxygen atoms in total. The Kier molecular flexibility index (Phi) is 6.01. The highest BCUT2D eigenvalue weighted by Gasteiger charge is 2.48. The van der Waals surface area contributed by atoms with Crippen molar-refractivity contribution < 1.29 is 0 Å². The van der Waals surface area contributed by atoms with Gasteiger partial charge in [-0.3, -0.25) is 0 Å². The number of hydrogen-bond acceptors (Lipinski definition) is 3. The Morgan fingerprint density at radius 3 is 1.44 bits per heavy atom. The van der Waals surface area contributed by atoms with Gasteiger partial charge in [0, 0.05) is 11.1 Å². The second kappa shape index (κ2) is 10.3. The number of aromatic nitrogens is 3. The monoisotopic (exact) mass is 549 g/mol. The van der Waals surface area contributed by atoms with E-state index < -0.39 is 5.41 Å². The Bertz CT molecular complexity index is 2020. The number of hydrogen-bond donors (Lipinski definition) is 0. The number of fused-ring (bicyclic) bond motifs is 3. The Labute approximate surface area is 251 Å². The molecule has 0 saturated carbocycles. The van der Waals surface area contributed by atoms with Crippen LogP contribution in [0.25, 0.3) is 45.0 Å². The van der Waals surface area contributed by atoms with E-state index in [4.69, 9.17) is 15.0 Å². The molecule has 202 valence electrons. The summed E-state index contributed by atoms with van der Waals surface area (Å²) in [6.07, 6.45) is 0. The van der Waals surface area contributed by atoms with Gasteiger partial charge in [-0.05, 0) is 45.0 Å². The first-order chi connectivity index (χ1) is 21.3. The number of nitrogens with zero attached hydrogens (tertiary/aromatic N) is 3. The number of rotatable bonds is 5. The Morgan fingerprint density at radius 2 is 0.814 bits per heavy atom. The van der Waals surface area contributed by atoms with E-state index in [1.54, 1.807) is 0 Å². The van der Waals surface area contributed by atoms with E-state index in [1.807, 2.05) is 24.3 Å². The average Bonchev–Trinajstić information content (AvgIpc) is 3.40. The normalized spacial score (nSPS) is 12.8. The summed E-state index contributed by atoms with van der Waals surface area (Å²) in [5.74, 6) is 2.02. The molecule has 0 atom stereocenters. The van der Waals surface area contributed by atoms with Crippen molar-refractivity contribution in [2.45, 2.75) is 5.41 Å². The summed E-state index contributed by atoms with van der Waals surface area (Å²) in [7, 11) is 0. The van der Waals surface area contributed by atoms with E-state index >= 15 is 0 Å². The lowest BCUT2D eigenvalue weighted by atomic mass is 9.71. The third-order valence-corrected chi connectivity index (χ3v) is 8.39. The van der Waals surface area contributed by atoms with Crippen LogP contribution in [0.2, 0.25) is 0 Å². The Hall–Kier alpha value is -5.67. The molecule has 7 aromatic rings. The molecular weight excluding hydrogens is 522 g/mol. The van der Waals surface area contributed by atoms with Crippen LogP contribution < -0.4 is 0 Å². The van der Waals surface area contributed by atoms with Crippen LogP contribution in [-0.2, 0) is 5.41 Å². The fourth-order valence-corrected chi connectivity index (χ4v) is 6.46. The minimum absolute atomic E-state index is 0.652. The first kappa shape index (κ1) is 25.1. The third kappa shape index (κ3) is 4.09. The molecule has 43 heavy (non-hydrogen) atoms. The molecule has 0 bridgehead atoms. The molecule has 0 spiro atoms. The zero-order valence-electron chi connectivity index (χ0n) is 23.4. The maximum Gasteiger partial charge on any atom is 0.163 e. The lowest BCUT2D eigenvalue weighted by molar-refractivity contribution is 0.692. The first-order valence-corrected chi connectivity index (χ1v) is 14.5. The van der Waals surface area contributed by atoms with Crippen LogP contribution in [0.3, 0.4) is 0 Å². The molecule has 0 fully saturated rings. The van der Waals surface area contributed by atoms with Gasteiger partial charge in [0.2, 0.25) is 0 Å². The van der Waals surface area contributed by atoms with Crippen LogP contribution >= 0.6 is 0 Å². The molecule has 1 aromatic heterocycles. The van der Waals surface area contributed by atoms with Crippen molar-refractivity contribution in [3.8, 4) is 45.0 Å². The second-order valence-corrected chi connectivity index (χ2v) is 10.8. The van der Waals surface area contributed by atoms with Crippen molar-refractivity contribution in [2.24, 2.45) is 0 Å². The van der Waals surface area contributed by atoms with Gasteiger partial charge >= 0.3 is 0 Å². The van der Waals surface area contributed by atoms with E-state index in [2.05, 4.69) is 140 Å². The van der Waals surface area contributed by atoms with Gasteiger partial charge in [0.1, 0.15) is 5.41 Å². The predicted molar refractivity (Wildman–Crippen MR) is 173 cm³/mol. The summed E-state index contributed by atoms with van der Waals surface area (Å²) in [4.78, 5) is 15.8. The summed E-state index contributed by atoms with van der Waals surface area (Å²) < 4.78 is 0. The van der Waals surface area contributed by atoms with E-state index in [0.717, 1.165) is 27.8 Å². The van der Waals surface area contributed by atoms with Crippen LogP contribution in [-0.4, -0.2) is 15.0 Å². The van der Waals surface area contributed by atoms with Gasteiger partial charge in [-0.1, -0.05) is 158 Å². The summed E-state index contributed by atoms with van der Waals surface area (Å²) in [6, 6.07) is 57.1. The third-order valence-electron chi connectivity index (χ3n) is 8.39. The Balaban J connectivity index is 1.45. The van der Waals surface area contributed by atoms with E-state index in [1.165, 1.54) is 22.3 Å². The highest BCUT2D eigenvalue weighted by molar-refractivity contribution is 5.85.